The van der Waals surface area contributed by atoms with Gasteiger partial charge in [-0.05, 0) is 44.5 Å². The first-order valence-electron chi connectivity index (χ1n) is 6.27. The zero-order valence-electron chi connectivity index (χ0n) is 11.7. The van der Waals surface area contributed by atoms with Crippen LogP contribution in [0.5, 0.6) is 0 Å². The maximum atomic E-state index is 12.3. The summed E-state index contributed by atoms with van der Waals surface area (Å²) in [5.74, 6) is -1.20. The summed E-state index contributed by atoms with van der Waals surface area (Å²) in [5, 5.41) is 9.14. The number of hydrogen-bond donors (Lipinski definition) is 1. The van der Waals surface area contributed by atoms with Crippen LogP contribution in [0.15, 0.2) is 29.1 Å². The van der Waals surface area contributed by atoms with Crippen molar-refractivity contribution in [3.05, 3.63) is 62.8 Å². The summed E-state index contributed by atoms with van der Waals surface area (Å²) in [6.45, 7) is 5.56. The van der Waals surface area contributed by atoms with Gasteiger partial charge in [-0.2, -0.15) is 0 Å². The minimum atomic E-state index is -1.20. The lowest BCUT2D eigenvalue weighted by atomic mass is 10.1. The first-order chi connectivity index (χ1) is 9.40. The topological polar surface area (TPSA) is 72.2 Å². The Morgan fingerprint density at radius 2 is 2.00 bits per heavy atom. The lowest BCUT2D eigenvalue weighted by molar-refractivity contribution is 0.0693. The SMILES string of the molecule is Cc1cccc(Cn2c(C)cc(C)c(C(=O)O)c2=O)n1. The predicted octanol–water partition coefficient (Wildman–Crippen LogP) is 1.92. The average molecular weight is 272 g/mol. The lowest BCUT2D eigenvalue weighted by Gasteiger charge is -2.12. The van der Waals surface area contributed by atoms with Crippen LogP contribution in [0.3, 0.4) is 0 Å². The lowest BCUT2D eigenvalue weighted by Crippen LogP contribution is -2.30. The summed E-state index contributed by atoms with van der Waals surface area (Å²) in [4.78, 5) is 27.8. The number of hydrogen-bond acceptors (Lipinski definition) is 3. The van der Waals surface area contributed by atoms with Crippen LogP contribution in [-0.4, -0.2) is 20.6 Å². The Balaban J connectivity index is 2.55. The van der Waals surface area contributed by atoms with E-state index in [1.54, 1.807) is 19.9 Å². The van der Waals surface area contributed by atoms with Gasteiger partial charge in [-0.15, -0.1) is 0 Å². The maximum absolute atomic E-state index is 12.3. The molecule has 1 N–H and O–H groups in total. The van der Waals surface area contributed by atoms with E-state index in [0.29, 0.717) is 5.56 Å². The number of aromatic carboxylic acids is 1. The molecule has 2 aromatic rings. The molecule has 20 heavy (non-hydrogen) atoms. The summed E-state index contributed by atoms with van der Waals surface area (Å²) in [5.41, 5.74) is 2.13. The van der Waals surface area contributed by atoms with Gasteiger partial charge in [-0.3, -0.25) is 9.78 Å². The molecule has 5 nitrogen and oxygen atoms in total. The second-order valence-corrected chi connectivity index (χ2v) is 4.81. The van der Waals surface area contributed by atoms with Gasteiger partial charge in [-0.25, -0.2) is 4.79 Å². The van der Waals surface area contributed by atoms with Crippen molar-refractivity contribution in [1.29, 1.82) is 0 Å². The highest BCUT2D eigenvalue weighted by atomic mass is 16.4. The van der Waals surface area contributed by atoms with E-state index in [1.807, 2.05) is 25.1 Å². The minimum Gasteiger partial charge on any atom is -0.477 e. The summed E-state index contributed by atoms with van der Waals surface area (Å²) in [7, 11) is 0. The van der Waals surface area contributed by atoms with Gasteiger partial charge in [0, 0.05) is 11.4 Å². The molecule has 0 saturated carbocycles. The standard InChI is InChI=1S/C15H16N2O3/c1-9-7-11(3)17(14(18)13(9)15(19)20)8-12-6-4-5-10(2)16-12/h4-7H,8H2,1-3H3,(H,19,20). The van der Waals surface area contributed by atoms with Gasteiger partial charge in [0.1, 0.15) is 5.56 Å². The van der Waals surface area contributed by atoms with Gasteiger partial charge in [0.25, 0.3) is 5.56 Å². The summed E-state index contributed by atoms with van der Waals surface area (Å²) in [6, 6.07) is 7.26. The number of carboxylic acids is 1. The molecule has 0 atom stereocenters. The second-order valence-electron chi connectivity index (χ2n) is 4.81. The molecule has 2 rings (SSSR count). The molecule has 0 fully saturated rings. The molecule has 0 unspecified atom stereocenters. The number of pyridine rings is 2. The molecule has 0 aromatic carbocycles. The maximum Gasteiger partial charge on any atom is 0.341 e. The molecule has 0 bridgehead atoms. The molecule has 5 heteroatoms. The molecule has 0 spiro atoms. The highest BCUT2D eigenvalue weighted by Gasteiger charge is 2.16. The number of carbonyl (C=O) groups is 1. The van der Waals surface area contributed by atoms with Gasteiger partial charge in [0.2, 0.25) is 0 Å². The fraction of sp³-hybridized carbons (Fsp3) is 0.267. The van der Waals surface area contributed by atoms with Crippen molar-refractivity contribution >= 4 is 5.97 Å². The van der Waals surface area contributed by atoms with Crippen LogP contribution in [0.25, 0.3) is 0 Å². The predicted molar refractivity (Wildman–Crippen MR) is 75.2 cm³/mol. The van der Waals surface area contributed by atoms with Crippen LogP contribution in [0.4, 0.5) is 0 Å². The van der Waals surface area contributed by atoms with E-state index >= 15 is 0 Å². The Morgan fingerprint density at radius 1 is 1.30 bits per heavy atom. The number of aryl methyl sites for hydroxylation is 3. The van der Waals surface area contributed by atoms with Crippen LogP contribution >= 0.6 is 0 Å². The third kappa shape index (κ3) is 2.61. The quantitative estimate of drug-likeness (QED) is 0.926. The zero-order valence-corrected chi connectivity index (χ0v) is 11.7. The first kappa shape index (κ1) is 14.0. The second kappa shape index (κ2) is 5.28. The van der Waals surface area contributed by atoms with Crippen LogP contribution < -0.4 is 5.56 Å². The number of rotatable bonds is 3. The van der Waals surface area contributed by atoms with Crippen molar-refractivity contribution in [3.8, 4) is 0 Å². The van der Waals surface area contributed by atoms with E-state index in [9.17, 15) is 9.59 Å². The van der Waals surface area contributed by atoms with Gasteiger partial charge in [0.05, 0.1) is 12.2 Å². The number of carboxylic acid groups (broad SMARTS) is 1. The number of aromatic nitrogens is 2. The third-order valence-electron chi connectivity index (χ3n) is 3.18. The highest BCUT2D eigenvalue weighted by Crippen LogP contribution is 2.08. The van der Waals surface area contributed by atoms with E-state index in [1.165, 1.54) is 4.57 Å². The van der Waals surface area contributed by atoms with Crippen molar-refractivity contribution in [3.63, 3.8) is 0 Å². The normalized spacial score (nSPS) is 10.6. The Hall–Kier alpha value is -2.43. The van der Waals surface area contributed by atoms with Crippen LogP contribution in [0.2, 0.25) is 0 Å². The molecular formula is C15H16N2O3. The largest absolute Gasteiger partial charge is 0.477 e. The minimum absolute atomic E-state index is 0.178. The van der Waals surface area contributed by atoms with Crippen molar-refractivity contribution in [2.45, 2.75) is 27.3 Å². The first-order valence-corrected chi connectivity index (χ1v) is 6.27. The van der Waals surface area contributed by atoms with Gasteiger partial charge in [-0.1, -0.05) is 6.07 Å². The van der Waals surface area contributed by atoms with Crippen LogP contribution in [0.1, 0.15) is 33.0 Å². The Labute approximate surface area is 116 Å². The Morgan fingerprint density at radius 3 is 2.60 bits per heavy atom. The van der Waals surface area contributed by atoms with Gasteiger partial charge >= 0.3 is 5.97 Å². The molecule has 2 aromatic heterocycles. The molecule has 0 aliphatic heterocycles. The van der Waals surface area contributed by atoms with Crippen molar-refractivity contribution < 1.29 is 9.90 Å². The van der Waals surface area contributed by atoms with E-state index in [-0.39, 0.29) is 12.1 Å². The van der Waals surface area contributed by atoms with Crippen molar-refractivity contribution in [1.82, 2.24) is 9.55 Å². The van der Waals surface area contributed by atoms with E-state index in [4.69, 9.17) is 5.11 Å². The van der Waals surface area contributed by atoms with Gasteiger partial charge < -0.3 is 9.67 Å². The molecule has 2 heterocycles. The molecule has 0 radical (unpaired) electrons. The Bertz CT molecular complexity index is 732. The van der Waals surface area contributed by atoms with Crippen LogP contribution in [-0.2, 0) is 6.54 Å². The molecule has 0 saturated heterocycles. The Kier molecular flexibility index (Phi) is 3.70. The molecular weight excluding hydrogens is 256 g/mol. The molecule has 0 aliphatic carbocycles. The van der Waals surface area contributed by atoms with E-state index in [0.717, 1.165) is 17.1 Å². The number of nitrogens with zero attached hydrogens (tertiary/aromatic N) is 2. The fourth-order valence-corrected chi connectivity index (χ4v) is 2.23. The summed E-state index contributed by atoms with van der Waals surface area (Å²) < 4.78 is 1.44. The van der Waals surface area contributed by atoms with Crippen LogP contribution in [0, 0.1) is 20.8 Å². The summed E-state index contributed by atoms with van der Waals surface area (Å²) in [6.07, 6.45) is 0. The molecule has 0 aliphatic rings. The molecule has 0 amide bonds. The molecule has 104 valence electrons. The monoisotopic (exact) mass is 272 g/mol. The van der Waals surface area contributed by atoms with E-state index < -0.39 is 11.5 Å². The van der Waals surface area contributed by atoms with Crippen molar-refractivity contribution in [2.75, 3.05) is 0 Å². The van der Waals surface area contributed by atoms with E-state index in [2.05, 4.69) is 4.98 Å². The smallest absolute Gasteiger partial charge is 0.341 e. The summed E-state index contributed by atoms with van der Waals surface area (Å²) >= 11 is 0. The zero-order chi connectivity index (χ0) is 14.9. The fourth-order valence-electron chi connectivity index (χ4n) is 2.23. The third-order valence-corrected chi connectivity index (χ3v) is 3.18. The van der Waals surface area contributed by atoms with Gasteiger partial charge in [0.15, 0.2) is 0 Å². The average Bonchev–Trinajstić information content (AvgIpc) is 2.33. The highest BCUT2D eigenvalue weighted by molar-refractivity contribution is 5.88. The van der Waals surface area contributed by atoms with Crippen molar-refractivity contribution in [2.24, 2.45) is 0 Å².